The molecular formula is C8H7Cl2NO. The summed E-state index contributed by atoms with van der Waals surface area (Å²) in [6.07, 6.45) is 0. The third kappa shape index (κ3) is 2.72. The molecule has 0 aliphatic carbocycles. The number of nitrogens with zero attached hydrogens (tertiary/aromatic N) is 1. The first-order chi connectivity index (χ1) is 5.72. The zero-order valence-corrected chi connectivity index (χ0v) is 7.93. The lowest BCUT2D eigenvalue weighted by atomic mass is 10.3. The molecule has 0 spiro atoms. The second-order valence-electron chi connectivity index (χ2n) is 2.05. The molecule has 0 aliphatic rings. The van der Waals surface area contributed by atoms with Crippen molar-refractivity contribution in [3.05, 3.63) is 24.3 Å². The molecule has 1 aromatic rings. The van der Waals surface area contributed by atoms with Crippen molar-refractivity contribution in [1.82, 2.24) is 0 Å². The van der Waals surface area contributed by atoms with Crippen LogP contribution in [0, 0.1) is 0 Å². The van der Waals surface area contributed by atoms with Gasteiger partial charge in [0.25, 0.3) is 0 Å². The number of halogens is 2. The summed E-state index contributed by atoms with van der Waals surface area (Å²) >= 11 is 10.7. The van der Waals surface area contributed by atoms with Crippen LogP contribution < -0.4 is 4.74 Å². The Balaban J connectivity index is 2.85. The van der Waals surface area contributed by atoms with E-state index in [0.29, 0.717) is 5.69 Å². The van der Waals surface area contributed by atoms with Gasteiger partial charge >= 0.3 is 0 Å². The minimum absolute atomic E-state index is 0.000154. The second-order valence-corrected chi connectivity index (χ2v) is 2.96. The van der Waals surface area contributed by atoms with Gasteiger partial charge in [0.05, 0.1) is 12.8 Å². The van der Waals surface area contributed by atoms with Crippen molar-refractivity contribution in [2.45, 2.75) is 0 Å². The fourth-order valence-electron chi connectivity index (χ4n) is 0.754. The molecule has 4 heteroatoms. The van der Waals surface area contributed by atoms with E-state index in [-0.39, 0.29) is 4.63 Å². The summed E-state index contributed by atoms with van der Waals surface area (Å²) < 4.78 is 4.96. The van der Waals surface area contributed by atoms with Crippen molar-refractivity contribution in [2.24, 2.45) is 4.99 Å². The summed E-state index contributed by atoms with van der Waals surface area (Å²) in [7, 11) is 1.60. The van der Waals surface area contributed by atoms with E-state index in [2.05, 4.69) is 4.99 Å². The number of benzene rings is 1. The quantitative estimate of drug-likeness (QED) is 0.678. The number of methoxy groups -OCH3 is 1. The van der Waals surface area contributed by atoms with Crippen molar-refractivity contribution < 1.29 is 4.74 Å². The predicted molar refractivity (Wildman–Crippen MR) is 51.8 cm³/mol. The molecule has 12 heavy (non-hydrogen) atoms. The van der Waals surface area contributed by atoms with Crippen LogP contribution in [0.2, 0.25) is 0 Å². The Bertz CT molecular complexity index is 278. The van der Waals surface area contributed by atoms with Crippen LogP contribution in [0.3, 0.4) is 0 Å². The molecule has 0 atom stereocenters. The van der Waals surface area contributed by atoms with Crippen LogP contribution in [0.25, 0.3) is 0 Å². The zero-order chi connectivity index (χ0) is 8.97. The van der Waals surface area contributed by atoms with E-state index in [9.17, 15) is 0 Å². The number of aliphatic imine (C=N–C) groups is 1. The summed E-state index contributed by atoms with van der Waals surface area (Å²) in [6, 6.07) is 7.11. The Morgan fingerprint density at radius 1 is 1.25 bits per heavy atom. The van der Waals surface area contributed by atoms with Crippen molar-refractivity contribution >= 4 is 33.5 Å². The van der Waals surface area contributed by atoms with Gasteiger partial charge in [0.2, 0.25) is 0 Å². The van der Waals surface area contributed by atoms with Crippen molar-refractivity contribution in [1.29, 1.82) is 0 Å². The minimum Gasteiger partial charge on any atom is -0.497 e. The Morgan fingerprint density at radius 3 is 2.25 bits per heavy atom. The Hall–Kier alpha value is -0.730. The van der Waals surface area contributed by atoms with Gasteiger partial charge in [-0.05, 0) is 47.5 Å². The molecule has 0 aromatic heterocycles. The maximum Gasteiger partial charge on any atom is 0.197 e. The lowest BCUT2D eigenvalue weighted by Gasteiger charge is -1.98. The standard InChI is InChI=1S/C8H7Cl2NO/c1-12-7-4-2-6(3-5-7)11-8(9)10/h2-5H,1H3. The highest BCUT2D eigenvalue weighted by Crippen LogP contribution is 2.18. The first-order valence-corrected chi connectivity index (χ1v) is 4.01. The number of rotatable bonds is 2. The molecule has 2 nitrogen and oxygen atoms in total. The largest absolute Gasteiger partial charge is 0.497 e. The second kappa shape index (κ2) is 4.33. The van der Waals surface area contributed by atoms with Gasteiger partial charge in [0, 0.05) is 0 Å². The van der Waals surface area contributed by atoms with Gasteiger partial charge in [-0.15, -0.1) is 0 Å². The lowest BCUT2D eigenvalue weighted by Crippen LogP contribution is -1.80. The minimum atomic E-state index is 0.000154. The molecule has 0 radical (unpaired) electrons. The summed E-state index contributed by atoms with van der Waals surface area (Å²) in [4.78, 5) is 3.83. The highest BCUT2D eigenvalue weighted by molar-refractivity contribution is 6.95. The molecule has 1 rings (SSSR count). The molecule has 0 amide bonds. The first kappa shape index (κ1) is 9.36. The summed E-state index contributed by atoms with van der Waals surface area (Å²) in [5.74, 6) is 0.777. The molecule has 0 saturated carbocycles. The molecule has 0 bridgehead atoms. The van der Waals surface area contributed by atoms with Crippen molar-refractivity contribution in [3.8, 4) is 5.75 Å². The van der Waals surface area contributed by atoms with E-state index >= 15 is 0 Å². The van der Waals surface area contributed by atoms with E-state index in [1.54, 1.807) is 31.4 Å². The summed E-state index contributed by atoms with van der Waals surface area (Å²) in [5.41, 5.74) is 0.704. The Kier molecular flexibility index (Phi) is 3.38. The van der Waals surface area contributed by atoms with Crippen LogP contribution in [-0.4, -0.2) is 11.7 Å². The fourth-order valence-corrected chi connectivity index (χ4v) is 0.950. The van der Waals surface area contributed by atoms with Gasteiger partial charge < -0.3 is 4.74 Å². The molecule has 0 saturated heterocycles. The lowest BCUT2D eigenvalue weighted by molar-refractivity contribution is 0.415. The normalized spacial score (nSPS) is 9.25. The van der Waals surface area contributed by atoms with Gasteiger partial charge in [-0.25, -0.2) is 4.99 Å². The van der Waals surface area contributed by atoms with Crippen LogP contribution in [0.4, 0.5) is 5.69 Å². The third-order valence-electron chi connectivity index (χ3n) is 1.29. The molecule has 1 aromatic carbocycles. The fraction of sp³-hybridized carbons (Fsp3) is 0.125. The van der Waals surface area contributed by atoms with Crippen LogP contribution in [-0.2, 0) is 0 Å². The van der Waals surface area contributed by atoms with Gasteiger partial charge in [-0.3, -0.25) is 0 Å². The van der Waals surface area contributed by atoms with Crippen LogP contribution in [0.15, 0.2) is 29.3 Å². The van der Waals surface area contributed by atoms with Crippen molar-refractivity contribution in [3.63, 3.8) is 0 Å². The average Bonchev–Trinajstić information content (AvgIpc) is 2.05. The topological polar surface area (TPSA) is 21.6 Å². The van der Waals surface area contributed by atoms with E-state index in [1.807, 2.05) is 0 Å². The maximum absolute atomic E-state index is 5.37. The molecule has 64 valence electrons. The van der Waals surface area contributed by atoms with Gasteiger partial charge in [-0.2, -0.15) is 0 Å². The molecule has 0 aliphatic heterocycles. The molecular weight excluding hydrogens is 197 g/mol. The average molecular weight is 204 g/mol. The molecule has 0 N–H and O–H groups in total. The molecule has 0 heterocycles. The number of hydrogen-bond donors (Lipinski definition) is 0. The first-order valence-electron chi connectivity index (χ1n) is 3.26. The number of ether oxygens (including phenoxy) is 1. The highest BCUT2D eigenvalue weighted by Gasteiger charge is 1.92. The van der Waals surface area contributed by atoms with E-state index in [4.69, 9.17) is 27.9 Å². The SMILES string of the molecule is COc1ccc(N=C(Cl)Cl)cc1. The van der Waals surface area contributed by atoms with Crippen LogP contribution in [0.5, 0.6) is 5.75 Å². The molecule has 0 unspecified atom stereocenters. The zero-order valence-electron chi connectivity index (χ0n) is 6.42. The summed E-state index contributed by atoms with van der Waals surface area (Å²) in [6.45, 7) is 0. The maximum atomic E-state index is 5.37. The van der Waals surface area contributed by atoms with E-state index in [1.165, 1.54) is 0 Å². The Labute approximate surface area is 80.8 Å². The van der Waals surface area contributed by atoms with Crippen LogP contribution in [0.1, 0.15) is 0 Å². The van der Waals surface area contributed by atoms with Gasteiger partial charge in [0.15, 0.2) is 4.63 Å². The summed E-state index contributed by atoms with van der Waals surface area (Å²) in [5, 5.41) is 0. The van der Waals surface area contributed by atoms with Crippen LogP contribution >= 0.6 is 23.2 Å². The highest BCUT2D eigenvalue weighted by atomic mass is 35.5. The number of hydrogen-bond acceptors (Lipinski definition) is 2. The monoisotopic (exact) mass is 203 g/mol. The van der Waals surface area contributed by atoms with Gasteiger partial charge in [-0.1, -0.05) is 0 Å². The smallest absolute Gasteiger partial charge is 0.197 e. The Morgan fingerprint density at radius 2 is 1.83 bits per heavy atom. The van der Waals surface area contributed by atoms with E-state index < -0.39 is 0 Å². The predicted octanol–water partition coefficient (Wildman–Crippen LogP) is 3.16. The van der Waals surface area contributed by atoms with Crippen molar-refractivity contribution in [2.75, 3.05) is 7.11 Å². The van der Waals surface area contributed by atoms with Gasteiger partial charge in [0.1, 0.15) is 5.75 Å². The third-order valence-corrected chi connectivity index (χ3v) is 1.46. The van der Waals surface area contributed by atoms with E-state index in [0.717, 1.165) is 5.75 Å². The molecule has 0 fully saturated rings.